The van der Waals surface area contributed by atoms with E-state index in [2.05, 4.69) is 10.6 Å². The van der Waals surface area contributed by atoms with Gasteiger partial charge in [0.15, 0.2) is 0 Å². The monoisotopic (exact) mass is 260 g/mol. The number of carbonyl (C=O) groups is 1. The molecule has 19 heavy (non-hydrogen) atoms. The van der Waals surface area contributed by atoms with Gasteiger partial charge in [0.25, 0.3) is 0 Å². The van der Waals surface area contributed by atoms with Crippen LogP contribution in [0.5, 0.6) is 0 Å². The molecule has 0 aliphatic heterocycles. The van der Waals surface area contributed by atoms with Crippen LogP contribution in [0.4, 0.5) is 0 Å². The van der Waals surface area contributed by atoms with Crippen LogP contribution < -0.4 is 10.6 Å². The molecule has 0 aliphatic rings. The number of amides is 1. The molecule has 102 valence electrons. The Morgan fingerprint density at radius 2 is 2.00 bits per heavy atom. The summed E-state index contributed by atoms with van der Waals surface area (Å²) in [6.45, 7) is 5.60. The smallest absolute Gasteiger partial charge is 0.240 e. The van der Waals surface area contributed by atoms with Crippen molar-refractivity contribution in [2.24, 2.45) is 0 Å². The predicted molar refractivity (Wildman–Crippen MR) is 75.9 cm³/mol. The van der Waals surface area contributed by atoms with E-state index >= 15 is 0 Å². The Morgan fingerprint density at radius 1 is 1.32 bits per heavy atom. The molecule has 2 aromatic rings. The number of rotatable bonds is 4. The van der Waals surface area contributed by atoms with Crippen LogP contribution in [-0.4, -0.2) is 18.5 Å². The van der Waals surface area contributed by atoms with Crippen molar-refractivity contribution in [3.63, 3.8) is 0 Å². The van der Waals surface area contributed by atoms with E-state index in [1.54, 1.807) is 7.05 Å². The Hall–Kier alpha value is -1.81. The van der Waals surface area contributed by atoms with Crippen LogP contribution in [0.25, 0.3) is 11.0 Å². The summed E-state index contributed by atoms with van der Waals surface area (Å²) >= 11 is 0. The van der Waals surface area contributed by atoms with E-state index < -0.39 is 5.54 Å². The van der Waals surface area contributed by atoms with E-state index in [0.29, 0.717) is 0 Å². The van der Waals surface area contributed by atoms with Gasteiger partial charge in [0, 0.05) is 5.39 Å². The molecule has 0 bridgehead atoms. The molecular formula is C15H20N2O2. The van der Waals surface area contributed by atoms with Crippen LogP contribution >= 0.6 is 0 Å². The number of hydrogen-bond acceptors (Lipinski definition) is 3. The highest BCUT2D eigenvalue weighted by atomic mass is 16.3. The second-order valence-corrected chi connectivity index (χ2v) is 5.26. The lowest BCUT2D eigenvalue weighted by Gasteiger charge is -2.24. The Kier molecular flexibility index (Phi) is 3.62. The topological polar surface area (TPSA) is 54.3 Å². The number of furan rings is 1. The first-order valence-electron chi connectivity index (χ1n) is 6.42. The number of carbonyl (C=O) groups excluding carboxylic acids is 1. The molecule has 1 heterocycles. The second-order valence-electron chi connectivity index (χ2n) is 5.26. The first-order chi connectivity index (χ1) is 8.94. The zero-order valence-corrected chi connectivity index (χ0v) is 11.8. The highest BCUT2D eigenvalue weighted by molar-refractivity contribution is 5.86. The third-order valence-electron chi connectivity index (χ3n) is 3.41. The van der Waals surface area contributed by atoms with Crippen LogP contribution in [0, 0.1) is 0 Å². The number of para-hydroxylation sites is 1. The first kappa shape index (κ1) is 13.6. The fourth-order valence-corrected chi connectivity index (χ4v) is 1.78. The fraction of sp³-hybridized carbons (Fsp3) is 0.400. The van der Waals surface area contributed by atoms with Crippen LogP contribution in [0.3, 0.4) is 0 Å². The van der Waals surface area contributed by atoms with Gasteiger partial charge in [-0.3, -0.25) is 4.79 Å². The van der Waals surface area contributed by atoms with E-state index in [9.17, 15) is 4.79 Å². The third kappa shape index (κ3) is 2.79. The van der Waals surface area contributed by atoms with Crippen molar-refractivity contribution in [1.29, 1.82) is 0 Å². The number of hydrogen-bond donors (Lipinski definition) is 2. The molecule has 0 spiro atoms. The molecule has 1 aromatic heterocycles. The van der Waals surface area contributed by atoms with Gasteiger partial charge in [-0.1, -0.05) is 18.2 Å². The van der Waals surface area contributed by atoms with E-state index in [-0.39, 0.29) is 11.9 Å². The van der Waals surface area contributed by atoms with Gasteiger partial charge in [0.1, 0.15) is 11.3 Å². The van der Waals surface area contributed by atoms with Crippen LogP contribution in [-0.2, 0) is 4.79 Å². The normalized spacial score (nSPS) is 13.5. The van der Waals surface area contributed by atoms with Crippen molar-refractivity contribution >= 4 is 16.9 Å². The molecular weight excluding hydrogens is 240 g/mol. The molecule has 4 nitrogen and oxygen atoms in total. The molecule has 0 fully saturated rings. The van der Waals surface area contributed by atoms with E-state index in [1.807, 2.05) is 51.1 Å². The highest BCUT2D eigenvalue weighted by Gasteiger charge is 2.27. The minimum Gasteiger partial charge on any atom is -0.459 e. The first-order valence-corrected chi connectivity index (χ1v) is 6.42. The lowest BCUT2D eigenvalue weighted by atomic mass is 10.0. The zero-order chi connectivity index (χ0) is 14.0. The molecule has 1 unspecified atom stereocenters. The summed E-state index contributed by atoms with van der Waals surface area (Å²) < 4.78 is 5.74. The van der Waals surface area contributed by atoms with Gasteiger partial charge in [0.05, 0.1) is 11.6 Å². The molecule has 0 aliphatic carbocycles. The van der Waals surface area contributed by atoms with Crippen molar-refractivity contribution in [1.82, 2.24) is 10.6 Å². The van der Waals surface area contributed by atoms with Gasteiger partial charge in [-0.2, -0.15) is 0 Å². The maximum Gasteiger partial charge on any atom is 0.240 e. The maximum atomic E-state index is 12.1. The van der Waals surface area contributed by atoms with Gasteiger partial charge in [-0.25, -0.2) is 0 Å². The van der Waals surface area contributed by atoms with Crippen LogP contribution in [0.1, 0.15) is 32.6 Å². The minimum atomic E-state index is -0.597. The Balaban J connectivity index is 2.16. The molecule has 2 N–H and O–H groups in total. The van der Waals surface area contributed by atoms with Gasteiger partial charge in [0.2, 0.25) is 5.91 Å². The van der Waals surface area contributed by atoms with Crippen molar-refractivity contribution in [3.05, 3.63) is 36.1 Å². The summed E-state index contributed by atoms with van der Waals surface area (Å²) in [5, 5.41) is 6.98. The number of likely N-dealkylation sites (N-methyl/N-ethyl adjacent to an activating group) is 1. The van der Waals surface area contributed by atoms with Crippen molar-refractivity contribution in [2.45, 2.75) is 32.4 Å². The van der Waals surface area contributed by atoms with Gasteiger partial charge in [-0.05, 0) is 40.0 Å². The largest absolute Gasteiger partial charge is 0.459 e. The molecule has 4 heteroatoms. The highest BCUT2D eigenvalue weighted by Crippen LogP contribution is 2.23. The average Bonchev–Trinajstić information content (AvgIpc) is 2.82. The SMILES string of the molecule is CNC(C)(C)C(=O)NC(C)c1cc2ccccc2o1. The summed E-state index contributed by atoms with van der Waals surface area (Å²) in [5.41, 5.74) is 0.242. The van der Waals surface area contributed by atoms with Crippen LogP contribution in [0.2, 0.25) is 0 Å². The summed E-state index contributed by atoms with van der Waals surface area (Å²) in [5.74, 6) is 0.712. The molecule has 1 aromatic carbocycles. The minimum absolute atomic E-state index is 0.0528. The fourth-order valence-electron chi connectivity index (χ4n) is 1.78. The predicted octanol–water partition coefficient (Wildman–Crippen LogP) is 2.61. The van der Waals surface area contributed by atoms with Crippen molar-refractivity contribution < 1.29 is 9.21 Å². The lowest BCUT2D eigenvalue weighted by molar-refractivity contribution is -0.127. The zero-order valence-electron chi connectivity index (χ0n) is 11.8. The van der Waals surface area contributed by atoms with Gasteiger partial charge < -0.3 is 15.1 Å². The van der Waals surface area contributed by atoms with E-state index in [1.165, 1.54) is 0 Å². The standard InChI is InChI=1S/C15H20N2O2/c1-10(17-14(18)15(2,3)16-4)13-9-11-7-5-6-8-12(11)19-13/h5-10,16H,1-4H3,(H,17,18). The maximum absolute atomic E-state index is 12.1. The number of benzene rings is 1. The van der Waals surface area contributed by atoms with E-state index in [4.69, 9.17) is 4.42 Å². The molecule has 2 rings (SSSR count). The van der Waals surface area contributed by atoms with Crippen LogP contribution in [0.15, 0.2) is 34.7 Å². The Labute approximate surface area is 113 Å². The molecule has 0 saturated heterocycles. The number of fused-ring (bicyclic) bond motifs is 1. The second kappa shape index (κ2) is 5.05. The quantitative estimate of drug-likeness (QED) is 0.888. The molecule has 0 radical (unpaired) electrons. The molecule has 0 saturated carbocycles. The van der Waals surface area contributed by atoms with Crippen molar-refractivity contribution in [3.8, 4) is 0 Å². The summed E-state index contributed by atoms with van der Waals surface area (Å²) in [7, 11) is 1.77. The molecule has 1 amide bonds. The summed E-state index contributed by atoms with van der Waals surface area (Å²) in [6, 6.07) is 9.62. The average molecular weight is 260 g/mol. The Bertz CT molecular complexity index is 554. The molecule has 1 atom stereocenters. The summed E-state index contributed by atoms with van der Waals surface area (Å²) in [4.78, 5) is 12.1. The lowest BCUT2D eigenvalue weighted by Crippen LogP contribution is -2.51. The van der Waals surface area contributed by atoms with Gasteiger partial charge in [-0.15, -0.1) is 0 Å². The summed E-state index contributed by atoms with van der Waals surface area (Å²) in [6.07, 6.45) is 0. The van der Waals surface area contributed by atoms with Gasteiger partial charge >= 0.3 is 0 Å². The van der Waals surface area contributed by atoms with Crippen molar-refractivity contribution in [2.75, 3.05) is 7.05 Å². The number of nitrogens with one attached hydrogen (secondary N) is 2. The Morgan fingerprint density at radius 3 is 2.63 bits per heavy atom. The third-order valence-corrected chi connectivity index (χ3v) is 3.41. The van der Waals surface area contributed by atoms with E-state index in [0.717, 1.165) is 16.7 Å².